The zero-order valence-corrected chi connectivity index (χ0v) is 11.4. The zero-order chi connectivity index (χ0) is 12.7. The molecule has 96 valence electrons. The highest BCUT2D eigenvalue weighted by Gasteiger charge is 2.25. The molecule has 0 saturated heterocycles. The Morgan fingerprint density at radius 3 is 2.18 bits per heavy atom. The quantitative estimate of drug-likeness (QED) is 0.784. The maximum Gasteiger partial charge on any atom is 0.0702 e. The fourth-order valence-electron chi connectivity index (χ4n) is 2.34. The summed E-state index contributed by atoms with van der Waals surface area (Å²) < 4.78 is 0. The Balaban J connectivity index is 2.71. The van der Waals surface area contributed by atoms with Gasteiger partial charge in [0.2, 0.25) is 0 Å². The van der Waals surface area contributed by atoms with Crippen molar-refractivity contribution in [3.05, 3.63) is 29.6 Å². The summed E-state index contributed by atoms with van der Waals surface area (Å²) in [7, 11) is 0. The minimum Gasteiger partial charge on any atom is -0.389 e. The maximum atomic E-state index is 10.6. The molecule has 0 aliphatic rings. The molecule has 0 aromatic carbocycles. The summed E-state index contributed by atoms with van der Waals surface area (Å²) in [6.45, 7) is 6.36. The number of pyridine rings is 1. The first-order chi connectivity index (χ1) is 8.13. The monoisotopic (exact) mass is 235 g/mol. The zero-order valence-electron chi connectivity index (χ0n) is 11.4. The van der Waals surface area contributed by atoms with Crippen LogP contribution in [-0.2, 0) is 12.8 Å². The normalized spacial score (nSPS) is 11.8. The topological polar surface area (TPSA) is 33.1 Å². The molecular formula is C15H25NO. The summed E-state index contributed by atoms with van der Waals surface area (Å²) >= 11 is 0. The van der Waals surface area contributed by atoms with Crippen molar-refractivity contribution in [1.82, 2.24) is 4.98 Å². The molecular weight excluding hydrogens is 210 g/mol. The lowest BCUT2D eigenvalue weighted by Crippen LogP contribution is -2.31. The molecule has 0 amide bonds. The van der Waals surface area contributed by atoms with E-state index in [2.05, 4.69) is 37.9 Å². The Kier molecular flexibility index (Phi) is 5.63. The van der Waals surface area contributed by atoms with Gasteiger partial charge in [0.1, 0.15) is 0 Å². The fraction of sp³-hybridized carbons (Fsp3) is 0.667. The van der Waals surface area contributed by atoms with E-state index < -0.39 is 5.60 Å². The highest BCUT2D eigenvalue weighted by Crippen LogP contribution is 2.23. The summed E-state index contributed by atoms with van der Waals surface area (Å²) in [4.78, 5) is 4.44. The molecule has 0 bridgehead atoms. The second-order valence-corrected chi connectivity index (χ2v) is 4.91. The SMILES string of the molecule is CCCC(O)(CCC)Cc1ccc(CC)cn1. The number of hydrogen-bond donors (Lipinski definition) is 1. The van der Waals surface area contributed by atoms with Crippen molar-refractivity contribution >= 4 is 0 Å². The lowest BCUT2D eigenvalue weighted by molar-refractivity contribution is 0.0207. The largest absolute Gasteiger partial charge is 0.389 e. The minimum atomic E-state index is -0.565. The Hall–Kier alpha value is -0.890. The number of hydrogen-bond acceptors (Lipinski definition) is 2. The van der Waals surface area contributed by atoms with Crippen LogP contribution in [0, 0.1) is 0 Å². The summed E-state index contributed by atoms with van der Waals surface area (Å²) in [5.41, 5.74) is 1.69. The predicted octanol–water partition coefficient (Wildman–Crippen LogP) is 3.52. The van der Waals surface area contributed by atoms with Crippen LogP contribution in [0.4, 0.5) is 0 Å². The predicted molar refractivity (Wildman–Crippen MR) is 72.1 cm³/mol. The van der Waals surface area contributed by atoms with Crippen LogP contribution < -0.4 is 0 Å². The second-order valence-electron chi connectivity index (χ2n) is 4.91. The van der Waals surface area contributed by atoms with E-state index >= 15 is 0 Å². The van der Waals surface area contributed by atoms with Crippen LogP contribution in [0.15, 0.2) is 18.3 Å². The highest BCUT2D eigenvalue weighted by molar-refractivity contribution is 5.15. The van der Waals surface area contributed by atoms with Crippen molar-refractivity contribution < 1.29 is 5.11 Å². The molecule has 0 aliphatic carbocycles. The van der Waals surface area contributed by atoms with Crippen molar-refractivity contribution in [3.8, 4) is 0 Å². The third kappa shape index (κ3) is 4.47. The molecule has 1 aromatic rings. The van der Waals surface area contributed by atoms with Crippen LogP contribution in [0.1, 0.15) is 57.7 Å². The van der Waals surface area contributed by atoms with Gasteiger partial charge in [-0.2, -0.15) is 0 Å². The van der Waals surface area contributed by atoms with Gasteiger partial charge in [0.05, 0.1) is 5.60 Å². The maximum absolute atomic E-state index is 10.6. The smallest absolute Gasteiger partial charge is 0.0702 e. The van der Waals surface area contributed by atoms with Crippen LogP contribution in [0.5, 0.6) is 0 Å². The number of aromatic nitrogens is 1. The van der Waals surface area contributed by atoms with Gasteiger partial charge in [0, 0.05) is 18.3 Å². The summed E-state index contributed by atoms with van der Waals surface area (Å²) in [5, 5.41) is 10.6. The number of rotatable bonds is 7. The molecule has 2 nitrogen and oxygen atoms in total. The summed E-state index contributed by atoms with van der Waals surface area (Å²) in [6, 6.07) is 4.16. The molecule has 2 heteroatoms. The Bertz CT molecular complexity index is 312. The van der Waals surface area contributed by atoms with Crippen molar-refractivity contribution in [1.29, 1.82) is 0 Å². The standard InChI is InChI=1S/C15H25NO/c1-4-9-15(17,10-5-2)11-14-8-7-13(6-3)12-16-14/h7-8,12,17H,4-6,9-11H2,1-3H3. The third-order valence-electron chi connectivity index (χ3n) is 3.24. The molecule has 0 unspecified atom stereocenters. The van der Waals surface area contributed by atoms with Gasteiger partial charge in [-0.1, -0.05) is 39.7 Å². The van der Waals surface area contributed by atoms with E-state index in [9.17, 15) is 5.11 Å². The molecule has 17 heavy (non-hydrogen) atoms. The van der Waals surface area contributed by atoms with Gasteiger partial charge in [0.25, 0.3) is 0 Å². The van der Waals surface area contributed by atoms with Gasteiger partial charge in [-0.05, 0) is 30.9 Å². The molecule has 0 aliphatic heterocycles. The first-order valence-electron chi connectivity index (χ1n) is 6.79. The van der Waals surface area contributed by atoms with Crippen molar-refractivity contribution in [2.24, 2.45) is 0 Å². The van der Waals surface area contributed by atoms with Crippen LogP contribution in [0.2, 0.25) is 0 Å². The fourth-order valence-corrected chi connectivity index (χ4v) is 2.34. The van der Waals surface area contributed by atoms with E-state index in [1.807, 2.05) is 6.20 Å². The van der Waals surface area contributed by atoms with Crippen LogP contribution in [0.25, 0.3) is 0 Å². The van der Waals surface area contributed by atoms with Gasteiger partial charge in [0.15, 0.2) is 0 Å². The summed E-state index contributed by atoms with van der Waals surface area (Å²) in [5.74, 6) is 0. The molecule has 0 radical (unpaired) electrons. The Morgan fingerprint density at radius 1 is 1.12 bits per heavy atom. The second kappa shape index (κ2) is 6.75. The molecule has 1 rings (SSSR count). The molecule has 0 spiro atoms. The first-order valence-corrected chi connectivity index (χ1v) is 6.79. The summed E-state index contributed by atoms with van der Waals surface area (Å²) in [6.07, 6.45) is 7.37. The number of nitrogens with zero attached hydrogens (tertiary/aromatic N) is 1. The van der Waals surface area contributed by atoms with Crippen molar-refractivity contribution in [3.63, 3.8) is 0 Å². The van der Waals surface area contributed by atoms with Crippen LogP contribution in [-0.4, -0.2) is 15.7 Å². The molecule has 0 atom stereocenters. The van der Waals surface area contributed by atoms with Crippen molar-refractivity contribution in [2.45, 2.75) is 64.9 Å². The third-order valence-corrected chi connectivity index (χ3v) is 3.24. The molecule has 1 N–H and O–H groups in total. The van der Waals surface area contributed by atoms with Gasteiger partial charge in [-0.3, -0.25) is 4.98 Å². The number of aryl methyl sites for hydroxylation is 1. The lowest BCUT2D eigenvalue weighted by Gasteiger charge is -2.27. The Labute approximate surface area is 105 Å². The average molecular weight is 235 g/mol. The lowest BCUT2D eigenvalue weighted by atomic mass is 9.88. The number of aliphatic hydroxyl groups is 1. The van der Waals surface area contributed by atoms with Gasteiger partial charge < -0.3 is 5.11 Å². The van der Waals surface area contributed by atoms with E-state index in [1.54, 1.807) is 0 Å². The van der Waals surface area contributed by atoms with Crippen molar-refractivity contribution in [2.75, 3.05) is 0 Å². The van der Waals surface area contributed by atoms with Crippen LogP contribution >= 0.6 is 0 Å². The molecule has 0 saturated carbocycles. The first kappa shape index (κ1) is 14.2. The van der Waals surface area contributed by atoms with Gasteiger partial charge in [-0.15, -0.1) is 0 Å². The van der Waals surface area contributed by atoms with E-state index in [4.69, 9.17) is 0 Å². The van der Waals surface area contributed by atoms with E-state index in [0.717, 1.165) is 37.8 Å². The molecule has 0 fully saturated rings. The van der Waals surface area contributed by atoms with E-state index in [0.29, 0.717) is 6.42 Å². The molecule has 1 aromatic heterocycles. The van der Waals surface area contributed by atoms with E-state index in [1.165, 1.54) is 5.56 Å². The van der Waals surface area contributed by atoms with Crippen LogP contribution in [0.3, 0.4) is 0 Å². The van der Waals surface area contributed by atoms with Gasteiger partial charge >= 0.3 is 0 Å². The van der Waals surface area contributed by atoms with E-state index in [-0.39, 0.29) is 0 Å². The highest BCUT2D eigenvalue weighted by atomic mass is 16.3. The molecule has 1 heterocycles. The van der Waals surface area contributed by atoms with Gasteiger partial charge in [-0.25, -0.2) is 0 Å². The Morgan fingerprint density at radius 2 is 1.76 bits per heavy atom. The minimum absolute atomic E-state index is 0.565. The average Bonchev–Trinajstić information content (AvgIpc) is 2.30.